The fourth-order valence-electron chi connectivity index (χ4n) is 2.94. The van der Waals surface area contributed by atoms with Crippen LogP contribution in [0.3, 0.4) is 0 Å². The van der Waals surface area contributed by atoms with E-state index in [1.165, 1.54) is 11.3 Å². The lowest BCUT2D eigenvalue weighted by atomic mass is 9.75. The molecule has 2 N–H and O–H groups in total. The summed E-state index contributed by atoms with van der Waals surface area (Å²) in [6.07, 6.45) is 3.49. The number of nitrogens with two attached hydrogens (primary N) is 1. The van der Waals surface area contributed by atoms with Gasteiger partial charge in [0.1, 0.15) is 0 Å². The topological polar surface area (TPSA) is 66.6 Å². The number of piperazine rings is 1. The Hall–Kier alpha value is -1.40. The van der Waals surface area contributed by atoms with Crippen molar-refractivity contribution in [1.82, 2.24) is 9.80 Å². The van der Waals surface area contributed by atoms with Crippen molar-refractivity contribution >= 4 is 23.2 Å². The summed E-state index contributed by atoms with van der Waals surface area (Å²) in [6.45, 7) is 2.46. The van der Waals surface area contributed by atoms with E-state index in [1.54, 1.807) is 0 Å². The molecule has 2 heterocycles. The van der Waals surface area contributed by atoms with Crippen molar-refractivity contribution in [3.05, 3.63) is 22.4 Å². The van der Waals surface area contributed by atoms with Crippen molar-refractivity contribution in [2.75, 3.05) is 26.2 Å². The Balaban J connectivity index is 1.50. The molecule has 0 radical (unpaired) electrons. The van der Waals surface area contributed by atoms with Crippen molar-refractivity contribution < 1.29 is 9.59 Å². The second kappa shape index (κ2) is 5.77. The van der Waals surface area contributed by atoms with Crippen LogP contribution in [0.15, 0.2) is 17.5 Å². The van der Waals surface area contributed by atoms with Crippen LogP contribution in [0.5, 0.6) is 0 Å². The first-order valence-electron chi connectivity index (χ1n) is 7.47. The average molecular weight is 307 g/mol. The summed E-state index contributed by atoms with van der Waals surface area (Å²) in [5.74, 6) is 0.215. The minimum absolute atomic E-state index is 0.0754. The zero-order valence-electron chi connectivity index (χ0n) is 12.1. The molecule has 0 bridgehead atoms. The maximum absolute atomic E-state index is 12.3. The van der Waals surface area contributed by atoms with Gasteiger partial charge >= 0.3 is 0 Å². The molecule has 1 aliphatic carbocycles. The highest BCUT2D eigenvalue weighted by Gasteiger charge is 2.36. The Morgan fingerprint density at radius 2 is 1.86 bits per heavy atom. The van der Waals surface area contributed by atoms with Crippen LogP contribution in [-0.2, 0) is 4.79 Å². The maximum Gasteiger partial charge on any atom is 0.264 e. The third-order valence-electron chi connectivity index (χ3n) is 4.50. The molecule has 0 aromatic carbocycles. The summed E-state index contributed by atoms with van der Waals surface area (Å²) >= 11 is 1.46. The molecule has 0 atom stereocenters. The zero-order valence-corrected chi connectivity index (χ0v) is 12.9. The van der Waals surface area contributed by atoms with Crippen molar-refractivity contribution in [3.63, 3.8) is 0 Å². The molecule has 21 heavy (non-hydrogen) atoms. The van der Waals surface area contributed by atoms with Crippen molar-refractivity contribution in [2.24, 2.45) is 5.73 Å². The van der Waals surface area contributed by atoms with E-state index in [0.29, 0.717) is 32.6 Å². The van der Waals surface area contributed by atoms with Crippen molar-refractivity contribution in [3.8, 4) is 0 Å². The minimum Gasteiger partial charge on any atom is -0.339 e. The molecule has 6 heteroatoms. The predicted molar refractivity (Wildman–Crippen MR) is 82.2 cm³/mol. The number of hydrogen-bond acceptors (Lipinski definition) is 4. The van der Waals surface area contributed by atoms with Gasteiger partial charge in [0.2, 0.25) is 5.91 Å². The number of hydrogen-bond donors (Lipinski definition) is 1. The molecule has 0 unspecified atom stereocenters. The highest BCUT2D eigenvalue weighted by Crippen LogP contribution is 2.32. The van der Waals surface area contributed by atoms with E-state index in [2.05, 4.69) is 0 Å². The third kappa shape index (κ3) is 3.11. The normalized spacial score (nSPS) is 21.0. The van der Waals surface area contributed by atoms with E-state index in [0.717, 1.165) is 24.1 Å². The van der Waals surface area contributed by atoms with Crippen LogP contribution >= 0.6 is 11.3 Å². The summed E-state index contributed by atoms with van der Waals surface area (Å²) in [4.78, 5) is 28.9. The van der Waals surface area contributed by atoms with E-state index in [-0.39, 0.29) is 17.4 Å². The number of rotatable bonds is 3. The Bertz CT molecular complexity index is 517. The maximum atomic E-state index is 12.3. The molecule has 1 aliphatic heterocycles. The van der Waals surface area contributed by atoms with Gasteiger partial charge in [-0.1, -0.05) is 6.07 Å². The molecule has 1 saturated carbocycles. The smallest absolute Gasteiger partial charge is 0.264 e. The average Bonchev–Trinajstić information content (AvgIpc) is 2.99. The lowest BCUT2D eigenvalue weighted by Crippen LogP contribution is -2.54. The number of thiophene rings is 1. The van der Waals surface area contributed by atoms with Gasteiger partial charge in [-0.25, -0.2) is 0 Å². The van der Waals surface area contributed by atoms with E-state index in [1.807, 2.05) is 27.3 Å². The van der Waals surface area contributed by atoms with E-state index >= 15 is 0 Å². The molecular formula is C15H21N3O2S. The number of amides is 2. The fourth-order valence-corrected chi connectivity index (χ4v) is 3.63. The fraction of sp³-hybridized carbons (Fsp3) is 0.600. The summed E-state index contributed by atoms with van der Waals surface area (Å²) in [5.41, 5.74) is 5.88. The molecular weight excluding hydrogens is 286 g/mol. The molecule has 0 spiro atoms. The Morgan fingerprint density at radius 3 is 2.38 bits per heavy atom. The van der Waals surface area contributed by atoms with Gasteiger partial charge in [-0.15, -0.1) is 11.3 Å². The van der Waals surface area contributed by atoms with Gasteiger partial charge in [0.15, 0.2) is 0 Å². The molecule has 5 nitrogen and oxygen atoms in total. The molecule has 1 aromatic heterocycles. The second-order valence-corrected chi connectivity index (χ2v) is 6.99. The Labute approximate surface area is 128 Å². The van der Waals surface area contributed by atoms with Crippen molar-refractivity contribution in [2.45, 2.75) is 31.2 Å². The van der Waals surface area contributed by atoms with Gasteiger partial charge in [0, 0.05) is 38.1 Å². The number of carbonyl (C=O) groups excluding carboxylic acids is 2. The first kappa shape index (κ1) is 14.5. The molecule has 1 saturated heterocycles. The van der Waals surface area contributed by atoms with Gasteiger partial charge in [0.25, 0.3) is 5.91 Å². The summed E-state index contributed by atoms with van der Waals surface area (Å²) in [7, 11) is 0. The quantitative estimate of drug-likeness (QED) is 0.915. The first-order chi connectivity index (χ1) is 10.1. The van der Waals surface area contributed by atoms with Gasteiger partial charge in [-0.05, 0) is 30.7 Å². The third-order valence-corrected chi connectivity index (χ3v) is 5.36. The van der Waals surface area contributed by atoms with Crippen LogP contribution in [0.1, 0.15) is 35.4 Å². The minimum atomic E-state index is -0.263. The summed E-state index contributed by atoms with van der Waals surface area (Å²) in [6, 6.07) is 3.73. The van der Waals surface area contributed by atoms with Crippen LogP contribution in [0.2, 0.25) is 0 Å². The molecule has 2 fully saturated rings. The second-order valence-electron chi connectivity index (χ2n) is 6.04. The van der Waals surface area contributed by atoms with Gasteiger partial charge in [-0.3, -0.25) is 9.59 Å². The zero-order chi connectivity index (χ0) is 14.9. The summed E-state index contributed by atoms with van der Waals surface area (Å²) < 4.78 is 0. The number of nitrogens with zero attached hydrogens (tertiary/aromatic N) is 2. The van der Waals surface area contributed by atoms with Crippen LogP contribution in [-0.4, -0.2) is 53.3 Å². The van der Waals surface area contributed by atoms with E-state index < -0.39 is 0 Å². The molecule has 114 valence electrons. The standard InChI is InChI=1S/C15H21N3O2S/c16-15(4-2-5-15)11-13(19)17-6-8-18(9-7-17)14(20)12-3-1-10-21-12/h1,3,10H,2,4-9,11,16H2. The van der Waals surface area contributed by atoms with E-state index in [4.69, 9.17) is 5.73 Å². The SMILES string of the molecule is NC1(CC(=O)N2CCN(C(=O)c3cccs3)CC2)CCC1. The monoisotopic (exact) mass is 307 g/mol. The van der Waals surface area contributed by atoms with Gasteiger partial charge in [0.05, 0.1) is 4.88 Å². The van der Waals surface area contributed by atoms with Crippen LogP contribution in [0.25, 0.3) is 0 Å². The lowest BCUT2D eigenvalue weighted by molar-refractivity contribution is -0.134. The van der Waals surface area contributed by atoms with E-state index in [9.17, 15) is 9.59 Å². The number of carbonyl (C=O) groups is 2. The molecule has 2 amide bonds. The molecule has 3 rings (SSSR count). The molecule has 2 aliphatic rings. The van der Waals surface area contributed by atoms with Crippen LogP contribution in [0, 0.1) is 0 Å². The highest BCUT2D eigenvalue weighted by atomic mass is 32.1. The van der Waals surface area contributed by atoms with Crippen LogP contribution in [0.4, 0.5) is 0 Å². The largest absolute Gasteiger partial charge is 0.339 e. The lowest BCUT2D eigenvalue weighted by Gasteiger charge is -2.40. The predicted octanol–water partition coefficient (Wildman–Crippen LogP) is 1.30. The first-order valence-corrected chi connectivity index (χ1v) is 8.35. The summed E-state index contributed by atoms with van der Waals surface area (Å²) in [5, 5.41) is 1.91. The van der Waals surface area contributed by atoms with Crippen molar-refractivity contribution in [1.29, 1.82) is 0 Å². The van der Waals surface area contributed by atoms with Gasteiger partial charge < -0.3 is 15.5 Å². The van der Waals surface area contributed by atoms with Gasteiger partial charge in [-0.2, -0.15) is 0 Å². The Morgan fingerprint density at radius 1 is 1.19 bits per heavy atom. The Kier molecular flexibility index (Phi) is 3.99. The van der Waals surface area contributed by atoms with Crippen LogP contribution < -0.4 is 5.73 Å². The highest BCUT2D eigenvalue weighted by molar-refractivity contribution is 7.12. The molecule has 1 aromatic rings.